The van der Waals surface area contributed by atoms with Gasteiger partial charge in [-0.15, -0.1) is 0 Å². The molecule has 0 atom stereocenters. The van der Waals surface area contributed by atoms with Crippen molar-refractivity contribution in [3.8, 4) is 16.9 Å². The van der Waals surface area contributed by atoms with Gasteiger partial charge in [-0.25, -0.2) is 5.01 Å². The van der Waals surface area contributed by atoms with Crippen LogP contribution in [0.2, 0.25) is 0 Å². The Hall–Kier alpha value is -2.08. The highest BCUT2D eigenvalue weighted by Gasteiger charge is 2.36. The van der Waals surface area contributed by atoms with Crippen LogP contribution in [0.5, 0.6) is 5.75 Å². The van der Waals surface area contributed by atoms with Crippen LogP contribution in [0, 0.1) is 0 Å². The molecule has 1 aliphatic carbocycles. The fourth-order valence-corrected chi connectivity index (χ4v) is 3.57. The molecule has 1 heterocycles. The molecule has 0 spiro atoms. The number of nitrogens with zero attached hydrogens (tertiary/aromatic N) is 2. The number of hydrazine groups is 1. The van der Waals surface area contributed by atoms with Crippen LogP contribution in [0.4, 0.5) is 5.69 Å². The number of benzene rings is 2. The van der Waals surface area contributed by atoms with Crippen molar-refractivity contribution in [2.45, 2.75) is 32.0 Å². The van der Waals surface area contributed by atoms with Crippen molar-refractivity contribution in [1.82, 2.24) is 5.01 Å². The summed E-state index contributed by atoms with van der Waals surface area (Å²) in [5.41, 5.74) is 11.6. The molecule has 5 nitrogen and oxygen atoms in total. The molecule has 2 aromatic rings. The van der Waals surface area contributed by atoms with Crippen LogP contribution in [0.15, 0.2) is 36.4 Å². The first-order valence-corrected chi connectivity index (χ1v) is 8.46. The lowest BCUT2D eigenvalue weighted by atomic mass is 9.97. The smallest absolute Gasteiger partial charge is 0.150 e. The van der Waals surface area contributed by atoms with E-state index in [1.54, 1.807) is 7.11 Å². The van der Waals surface area contributed by atoms with E-state index in [-0.39, 0.29) is 0 Å². The lowest BCUT2D eigenvalue weighted by Gasteiger charge is -2.38. The number of nitrogens with two attached hydrogens (primary N) is 2. The van der Waals surface area contributed by atoms with E-state index >= 15 is 0 Å². The molecule has 0 bridgehead atoms. The summed E-state index contributed by atoms with van der Waals surface area (Å²) < 4.78 is 5.88. The maximum absolute atomic E-state index is 6.12. The molecule has 0 amide bonds. The number of hydrogen-bond donors (Lipinski definition) is 2. The number of ether oxygens (including phenoxy) is 1. The van der Waals surface area contributed by atoms with Crippen molar-refractivity contribution in [2.75, 3.05) is 18.7 Å². The molecule has 0 aromatic heterocycles. The van der Waals surface area contributed by atoms with Crippen molar-refractivity contribution in [1.29, 1.82) is 0 Å². The molecule has 0 saturated heterocycles. The van der Waals surface area contributed by atoms with Crippen molar-refractivity contribution in [3.63, 3.8) is 0 Å². The van der Waals surface area contributed by atoms with E-state index in [1.165, 1.54) is 24.1 Å². The second kappa shape index (κ2) is 6.09. The van der Waals surface area contributed by atoms with Gasteiger partial charge in [0.25, 0.3) is 0 Å². The van der Waals surface area contributed by atoms with Gasteiger partial charge in [0.15, 0.2) is 0 Å². The first-order chi connectivity index (χ1) is 11.7. The molecule has 1 saturated carbocycles. The average molecular weight is 324 g/mol. The first-order valence-electron chi connectivity index (χ1n) is 8.46. The lowest BCUT2D eigenvalue weighted by molar-refractivity contribution is 0.256. The van der Waals surface area contributed by atoms with E-state index < -0.39 is 0 Å². The fraction of sp³-hybridized carbons (Fsp3) is 0.368. The standard InChI is InChI=1S/C19H24N4O/c1-24-19-17(14-4-2-3-13(9-14)10-20)8-5-15-11-22(21)12-23(18(15)19)16-6-7-16/h2-5,8-9,16H,6-7,10-12,20-21H2,1H3. The third-order valence-corrected chi connectivity index (χ3v) is 4.88. The third-order valence-electron chi connectivity index (χ3n) is 4.88. The monoisotopic (exact) mass is 324 g/mol. The highest BCUT2D eigenvalue weighted by atomic mass is 16.5. The number of methoxy groups -OCH3 is 1. The van der Waals surface area contributed by atoms with Gasteiger partial charge in [0.1, 0.15) is 5.75 Å². The predicted molar refractivity (Wildman–Crippen MR) is 96.4 cm³/mol. The highest BCUT2D eigenvalue weighted by molar-refractivity contribution is 5.82. The zero-order valence-electron chi connectivity index (χ0n) is 14.0. The van der Waals surface area contributed by atoms with Crippen LogP contribution in [-0.4, -0.2) is 24.8 Å². The van der Waals surface area contributed by atoms with Crippen molar-refractivity contribution in [3.05, 3.63) is 47.5 Å². The maximum Gasteiger partial charge on any atom is 0.150 e. The molecule has 0 unspecified atom stereocenters. The van der Waals surface area contributed by atoms with Gasteiger partial charge < -0.3 is 15.4 Å². The van der Waals surface area contributed by atoms with Gasteiger partial charge in [-0.2, -0.15) is 0 Å². The molecular weight excluding hydrogens is 300 g/mol. The van der Waals surface area contributed by atoms with Crippen molar-refractivity contribution in [2.24, 2.45) is 11.6 Å². The van der Waals surface area contributed by atoms with E-state index in [0.29, 0.717) is 12.6 Å². The largest absolute Gasteiger partial charge is 0.494 e. The molecule has 24 heavy (non-hydrogen) atoms. The minimum atomic E-state index is 0.539. The molecular formula is C19H24N4O. The summed E-state index contributed by atoms with van der Waals surface area (Å²) >= 11 is 0. The SMILES string of the molecule is COc1c(-c2cccc(CN)c2)ccc2c1N(C1CC1)CN(N)C2. The Balaban J connectivity index is 1.86. The molecule has 2 aromatic carbocycles. The average Bonchev–Trinajstić information content (AvgIpc) is 3.45. The van der Waals surface area contributed by atoms with Crippen LogP contribution in [-0.2, 0) is 13.1 Å². The molecule has 1 fully saturated rings. The lowest BCUT2D eigenvalue weighted by Crippen LogP contribution is -2.47. The summed E-state index contributed by atoms with van der Waals surface area (Å²) in [5, 5.41) is 1.87. The van der Waals surface area contributed by atoms with E-state index in [2.05, 4.69) is 41.3 Å². The molecule has 1 aliphatic heterocycles. The van der Waals surface area contributed by atoms with Gasteiger partial charge in [-0.1, -0.05) is 30.3 Å². The Kier molecular flexibility index (Phi) is 3.92. The number of rotatable bonds is 4. The van der Waals surface area contributed by atoms with Gasteiger partial charge in [0.2, 0.25) is 0 Å². The van der Waals surface area contributed by atoms with E-state index in [4.69, 9.17) is 16.3 Å². The number of anilines is 1. The van der Waals surface area contributed by atoms with Gasteiger partial charge in [0.05, 0.1) is 19.5 Å². The number of fused-ring (bicyclic) bond motifs is 1. The van der Waals surface area contributed by atoms with E-state index in [9.17, 15) is 0 Å². The summed E-state index contributed by atoms with van der Waals surface area (Å²) in [7, 11) is 1.76. The van der Waals surface area contributed by atoms with Crippen LogP contribution >= 0.6 is 0 Å². The van der Waals surface area contributed by atoms with Crippen LogP contribution < -0.4 is 21.2 Å². The Morgan fingerprint density at radius 1 is 1.21 bits per heavy atom. The van der Waals surface area contributed by atoms with Gasteiger partial charge in [-0.05, 0) is 35.6 Å². The minimum Gasteiger partial charge on any atom is -0.494 e. The Morgan fingerprint density at radius 2 is 2.04 bits per heavy atom. The van der Waals surface area contributed by atoms with Gasteiger partial charge in [-0.3, -0.25) is 5.84 Å². The van der Waals surface area contributed by atoms with E-state index in [1.807, 2.05) is 5.01 Å². The van der Waals surface area contributed by atoms with E-state index in [0.717, 1.165) is 35.7 Å². The molecule has 126 valence electrons. The van der Waals surface area contributed by atoms with Crippen LogP contribution in [0.25, 0.3) is 11.1 Å². The quantitative estimate of drug-likeness (QED) is 0.846. The zero-order chi connectivity index (χ0) is 16.7. The van der Waals surface area contributed by atoms with Crippen molar-refractivity contribution < 1.29 is 4.74 Å². The Morgan fingerprint density at radius 3 is 2.75 bits per heavy atom. The maximum atomic E-state index is 6.12. The second-order valence-corrected chi connectivity index (χ2v) is 6.65. The summed E-state index contributed by atoms with van der Waals surface area (Å²) in [6, 6.07) is 13.3. The predicted octanol–water partition coefficient (Wildman–Crippen LogP) is 2.44. The fourth-order valence-electron chi connectivity index (χ4n) is 3.57. The summed E-state index contributed by atoms with van der Waals surface area (Å²) in [4.78, 5) is 2.40. The molecule has 0 radical (unpaired) electrons. The van der Waals surface area contributed by atoms with Crippen LogP contribution in [0.1, 0.15) is 24.0 Å². The third kappa shape index (κ3) is 2.65. The van der Waals surface area contributed by atoms with Crippen molar-refractivity contribution >= 4 is 5.69 Å². The first kappa shape index (κ1) is 15.4. The van der Waals surface area contributed by atoms with Gasteiger partial charge in [0, 0.05) is 24.7 Å². The number of hydrogen-bond acceptors (Lipinski definition) is 5. The second-order valence-electron chi connectivity index (χ2n) is 6.65. The summed E-state index contributed by atoms with van der Waals surface area (Å²) in [6.45, 7) is 2.04. The van der Waals surface area contributed by atoms with Gasteiger partial charge >= 0.3 is 0 Å². The molecule has 5 heteroatoms. The Bertz CT molecular complexity index is 757. The molecule has 4 rings (SSSR count). The normalized spacial score (nSPS) is 17.7. The molecule has 4 N–H and O–H groups in total. The summed E-state index contributed by atoms with van der Waals surface area (Å²) in [5.74, 6) is 7.07. The summed E-state index contributed by atoms with van der Waals surface area (Å²) in [6.07, 6.45) is 2.45. The molecule has 2 aliphatic rings. The topological polar surface area (TPSA) is 67.8 Å². The van der Waals surface area contributed by atoms with Crippen LogP contribution in [0.3, 0.4) is 0 Å². The highest BCUT2D eigenvalue weighted by Crippen LogP contribution is 2.46. The minimum absolute atomic E-state index is 0.539. The zero-order valence-corrected chi connectivity index (χ0v) is 14.0. The Labute approximate surface area is 142 Å².